The summed E-state index contributed by atoms with van der Waals surface area (Å²) in [5.74, 6) is -0.586. The van der Waals surface area contributed by atoms with Crippen molar-refractivity contribution in [2.45, 2.75) is 39.3 Å². The van der Waals surface area contributed by atoms with Crippen LogP contribution in [0.2, 0.25) is 10.0 Å². The third kappa shape index (κ3) is 8.08. The number of hydrogen-bond donors (Lipinski definition) is 1. The molecule has 0 aliphatic heterocycles. The van der Waals surface area contributed by atoms with Crippen molar-refractivity contribution in [3.63, 3.8) is 0 Å². The summed E-state index contributed by atoms with van der Waals surface area (Å²) in [5.41, 5.74) is 2.35. The molecule has 1 unspecified atom stereocenters. The number of carbonyl (C=O) groups excluding carboxylic acids is 2. The van der Waals surface area contributed by atoms with Gasteiger partial charge in [-0.15, -0.1) is 0 Å². The van der Waals surface area contributed by atoms with Crippen molar-refractivity contribution in [1.82, 2.24) is 10.2 Å². The second kappa shape index (κ2) is 12.7. The third-order valence-electron chi connectivity index (χ3n) is 5.56. The van der Waals surface area contributed by atoms with Gasteiger partial charge in [-0.25, -0.2) is 4.39 Å². The van der Waals surface area contributed by atoms with E-state index in [-0.39, 0.29) is 36.5 Å². The maximum absolute atomic E-state index is 13.6. The minimum absolute atomic E-state index is 0.0321. The van der Waals surface area contributed by atoms with Gasteiger partial charge in [0.2, 0.25) is 11.8 Å². The molecule has 0 aliphatic carbocycles. The van der Waals surface area contributed by atoms with Gasteiger partial charge in [-0.05, 0) is 46.9 Å². The van der Waals surface area contributed by atoms with E-state index in [0.717, 1.165) is 11.1 Å². The van der Waals surface area contributed by atoms with E-state index >= 15 is 0 Å². The molecule has 3 rings (SSSR count). The fourth-order valence-corrected chi connectivity index (χ4v) is 4.01. The van der Waals surface area contributed by atoms with Gasteiger partial charge in [0.15, 0.2) is 0 Å². The van der Waals surface area contributed by atoms with Crippen LogP contribution in [0.15, 0.2) is 72.8 Å². The first-order valence-electron chi connectivity index (χ1n) is 11.5. The Balaban J connectivity index is 1.96. The Kier molecular flexibility index (Phi) is 9.70. The maximum Gasteiger partial charge on any atom is 0.243 e. The molecule has 0 fully saturated rings. The summed E-state index contributed by atoms with van der Waals surface area (Å²) in [6.07, 6.45) is 0.381. The normalized spacial score (nSPS) is 11.8. The number of rotatable bonds is 10. The molecule has 0 spiro atoms. The van der Waals surface area contributed by atoms with E-state index in [1.54, 1.807) is 35.2 Å². The van der Waals surface area contributed by atoms with Crippen LogP contribution in [0, 0.1) is 11.7 Å². The minimum atomic E-state index is -0.751. The van der Waals surface area contributed by atoms with Gasteiger partial charge < -0.3 is 10.2 Å². The Morgan fingerprint density at radius 3 is 2.17 bits per heavy atom. The molecule has 35 heavy (non-hydrogen) atoms. The number of nitrogens with zero attached hydrogens (tertiary/aromatic N) is 1. The number of benzene rings is 3. The summed E-state index contributed by atoms with van der Waals surface area (Å²) in [6.45, 7) is 4.69. The average molecular weight is 515 g/mol. The van der Waals surface area contributed by atoms with Crippen molar-refractivity contribution >= 4 is 35.0 Å². The summed E-state index contributed by atoms with van der Waals surface area (Å²) in [4.78, 5) is 28.6. The van der Waals surface area contributed by atoms with Crippen molar-refractivity contribution in [2.75, 3.05) is 6.54 Å². The monoisotopic (exact) mass is 514 g/mol. The standard InChI is InChI=1S/C28H29Cl2FN2O2/c1-19(2)17-32-28(35)26(15-20-6-4-3-5-7-20)33(18-22-10-13-24(29)25(30)14-22)27(34)16-21-8-11-23(31)12-9-21/h3-14,19,26H,15-18H2,1-2H3,(H,32,35). The molecule has 0 aromatic heterocycles. The van der Waals surface area contributed by atoms with E-state index in [4.69, 9.17) is 23.2 Å². The predicted molar refractivity (Wildman–Crippen MR) is 139 cm³/mol. The predicted octanol–water partition coefficient (Wildman–Crippen LogP) is 6.09. The maximum atomic E-state index is 13.6. The molecule has 0 radical (unpaired) electrons. The molecule has 7 heteroatoms. The molecule has 0 bridgehead atoms. The van der Waals surface area contributed by atoms with Crippen molar-refractivity contribution in [3.05, 3.63) is 105 Å². The number of nitrogens with one attached hydrogen (secondary N) is 1. The first kappa shape index (κ1) is 26.7. The highest BCUT2D eigenvalue weighted by Crippen LogP contribution is 2.24. The average Bonchev–Trinajstić information content (AvgIpc) is 2.84. The van der Waals surface area contributed by atoms with Gasteiger partial charge in [0.1, 0.15) is 11.9 Å². The van der Waals surface area contributed by atoms with Crippen molar-refractivity contribution in [2.24, 2.45) is 5.92 Å². The lowest BCUT2D eigenvalue weighted by Gasteiger charge is -2.32. The fraction of sp³-hybridized carbons (Fsp3) is 0.286. The van der Waals surface area contributed by atoms with Crippen LogP contribution in [0.3, 0.4) is 0 Å². The molecule has 4 nitrogen and oxygen atoms in total. The second-order valence-electron chi connectivity index (χ2n) is 8.92. The quantitative estimate of drug-likeness (QED) is 0.356. The van der Waals surface area contributed by atoms with Gasteiger partial charge >= 0.3 is 0 Å². The Hall–Kier alpha value is -2.89. The molecular formula is C28H29Cl2FN2O2. The number of amides is 2. The van der Waals surface area contributed by atoms with Gasteiger partial charge in [-0.3, -0.25) is 9.59 Å². The van der Waals surface area contributed by atoms with Crippen LogP contribution in [0.4, 0.5) is 4.39 Å². The van der Waals surface area contributed by atoms with E-state index in [2.05, 4.69) is 5.32 Å². The SMILES string of the molecule is CC(C)CNC(=O)C(Cc1ccccc1)N(Cc1ccc(Cl)c(Cl)c1)C(=O)Cc1ccc(F)cc1. The van der Waals surface area contributed by atoms with Crippen LogP contribution >= 0.6 is 23.2 Å². The summed E-state index contributed by atoms with van der Waals surface area (Å²) >= 11 is 12.3. The van der Waals surface area contributed by atoms with Crippen LogP contribution < -0.4 is 5.32 Å². The summed E-state index contributed by atoms with van der Waals surface area (Å²) in [7, 11) is 0. The first-order valence-corrected chi connectivity index (χ1v) is 12.3. The second-order valence-corrected chi connectivity index (χ2v) is 9.73. The van der Waals surface area contributed by atoms with Crippen LogP contribution in [-0.4, -0.2) is 29.3 Å². The first-order chi connectivity index (χ1) is 16.7. The van der Waals surface area contributed by atoms with Crippen molar-refractivity contribution in [1.29, 1.82) is 0 Å². The highest BCUT2D eigenvalue weighted by Gasteiger charge is 2.30. The van der Waals surface area contributed by atoms with Gasteiger partial charge in [0.25, 0.3) is 0 Å². The number of halogens is 3. The van der Waals surface area contributed by atoms with Gasteiger partial charge in [0.05, 0.1) is 16.5 Å². The van der Waals surface area contributed by atoms with E-state index in [9.17, 15) is 14.0 Å². The Morgan fingerprint density at radius 1 is 0.886 bits per heavy atom. The van der Waals surface area contributed by atoms with Crippen LogP contribution in [-0.2, 0) is 29.0 Å². The fourth-order valence-electron chi connectivity index (χ4n) is 3.69. The number of carbonyl (C=O) groups is 2. The van der Waals surface area contributed by atoms with E-state index in [0.29, 0.717) is 28.6 Å². The molecular weight excluding hydrogens is 486 g/mol. The summed E-state index contributed by atoms with van der Waals surface area (Å²) in [6, 6.07) is 19.8. The van der Waals surface area contributed by atoms with Crippen LogP contribution in [0.1, 0.15) is 30.5 Å². The third-order valence-corrected chi connectivity index (χ3v) is 6.30. The molecule has 3 aromatic rings. The van der Waals surface area contributed by atoms with Crippen molar-refractivity contribution in [3.8, 4) is 0 Å². The lowest BCUT2D eigenvalue weighted by Crippen LogP contribution is -2.51. The molecule has 0 saturated carbocycles. The van der Waals surface area contributed by atoms with E-state index in [1.165, 1.54) is 12.1 Å². The van der Waals surface area contributed by atoms with Gasteiger partial charge in [-0.2, -0.15) is 0 Å². The summed E-state index contributed by atoms with van der Waals surface area (Å²) in [5, 5.41) is 3.77. The molecule has 2 amide bonds. The molecule has 1 N–H and O–H groups in total. The van der Waals surface area contributed by atoms with E-state index in [1.807, 2.05) is 44.2 Å². The number of hydrogen-bond acceptors (Lipinski definition) is 2. The Bertz CT molecular complexity index is 1140. The van der Waals surface area contributed by atoms with Crippen molar-refractivity contribution < 1.29 is 14.0 Å². The topological polar surface area (TPSA) is 49.4 Å². The zero-order chi connectivity index (χ0) is 25.4. The Labute approximate surface area is 216 Å². The molecule has 1 atom stereocenters. The molecule has 3 aromatic carbocycles. The highest BCUT2D eigenvalue weighted by molar-refractivity contribution is 6.42. The lowest BCUT2D eigenvalue weighted by molar-refractivity contribution is -0.140. The highest BCUT2D eigenvalue weighted by atomic mass is 35.5. The zero-order valence-electron chi connectivity index (χ0n) is 19.8. The van der Waals surface area contributed by atoms with Crippen LogP contribution in [0.25, 0.3) is 0 Å². The minimum Gasteiger partial charge on any atom is -0.354 e. The molecule has 184 valence electrons. The van der Waals surface area contributed by atoms with Gasteiger partial charge in [0, 0.05) is 19.5 Å². The largest absolute Gasteiger partial charge is 0.354 e. The molecule has 0 saturated heterocycles. The van der Waals surface area contributed by atoms with Gasteiger partial charge in [-0.1, -0.05) is 85.6 Å². The smallest absolute Gasteiger partial charge is 0.243 e. The molecule has 0 heterocycles. The van der Waals surface area contributed by atoms with E-state index < -0.39 is 6.04 Å². The zero-order valence-corrected chi connectivity index (χ0v) is 21.3. The summed E-state index contributed by atoms with van der Waals surface area (Å²) < 4.78 is 13.4. The lowest BCUT2D eigenvalue weighted by atomic mass is 10.0. The Morgan fingerprint density at radius 2 is 1.54 bits per heavy atom. The van der Waals surface area contributed by atoms with Crippen LogP contribution in [0.5, 0.6) is 0 Å². The molecule has 0 aliphatic rings.